The van der Waals surface area contributed by atoms with Crippen LogP contribution in [-0.2, 0) is 22.7 Å². The second-order valence-electron chi connectivity index (χ2n) is 0.572. The molecule has 0 radical (unpaired) electrons. The standard InChI is InChI=1S/Al.H3O5P.S/c;1-5-6(2,3)4;/h;1H,(H2,2,3,4);/q+3;;-2. The van der Waals surface area contributed by atoms with Crippen LogP contribution in [0.2, 0.25) is 0 Å². The van der Waals surface area contributed by atoms with Gasteiger partial charge in [-0.15, -0.1) is 4.67 Å². The SMILES string of the molecule is O=P(O)(O)OO.[Al+3].[S-2]. The molecule has 0 atom stereocenters. The van der Waals surface area contributed by atoms with Crippen LogP contribution in [0.15, 0.2) is 0 Å². The molecule has 0 spiro atoms. The van der Waals surface area contributed by atoms with E-state index in [1.807, 2.05) is 0 Å². The largest absolute Gasteiger partial charge is 3.00 e. The number of hydrogen-bond acceptors (Lipinski definition) is 3. The van der Waals surface area contributed by atoms with Crippen LogP contribution in [-0.4, -0.2) is 32.4 Å². The third-order valence-corrected chi connectivity index (χ3v) is 0.319. The molecular formula is H3AlO5PS+. The molecule has 0 aromatic rings. The molecule has 8 heteroatoms. The maximum absolute atomic E-state index is 9.22. The number of phosphoric acid groups is 1. The van der Waals surface area contributed by atoms with E-state index in [0.717, 1.165) is 0 Å². The average molecular weight is 173 g/mol. The molecule has 8 heavy (non-hydrogen) atoms. The first-order chi connectivity index (χ1) is 2.56. The molecular weight excluding hydrogens is 170 g/mol. The van der Waals surface area contributed by atoms with Gasteiger partial charge in [0.25, 0.3) is 0 Å². The van der Waals surface area contributed by atoms with E-state index in [4.69, 9.17) is 15.0 Å². The van der Waals surface area contributed by atoms with Crippen molar-refractivity contribution in [1.82, 2.24) is 0 Å². The summed E-state index contributed by atoms with van der Waals surface area (Å²) in [6, 6.07) is 0. The first-order valence-electron chi connectivity index (χ1n) is 0.948. The van der Waals surface area contributed by atoms with Crippen molar-refractivity contribution in [3.8, 4) is 0 Å². The van der Waals surface area contributed by atoms with Crippen LogP contribution in [0.4, 0.5) is 0 Å². The molecule has 0 unspecified atom stereocenters. The molecule has 46 valence electrons. The third kappa shape index (κ3) is 15.8. The number of rotatable bonds is 1. The molecule has 5 nitrogen and oxygen atoms in total. The monoisotopic (exact) mass is 173 g/mol. The first-order valence-corrected chi connectivity index (χ1v) is 2.48. The molecule has 0 fully saturated rings. The Morgan fingerprint density at radius 2 is 1.50 bits per heavy atom. The molecule has 0 saturated heterocycles. The van der Waals surface area contributed by atoms with Gasteiger partial charge in [0, 0.05) is 0 Å². The average Bonchev–Trinajstić information content (AvgIpc) is 1.35. The van der Waals surface area contributed by atoms with Crippen molar-refractivity contribution in [2.24, 2.45) is 0 Å². The molecule has 0 aliphatic carbocycles. The summed E-state index contributed by atoms with van der Waals surface area (Å²) in [7, 11) is -4.59. The molecule has 3 N–H and O–H groups in total. The molecule has 0 rings (SSSR count). The molecule has 0 bridgehead atoms. The van der Waals surface area contributed by atoms with Crippen molar-refractivity contribution in [2.75, 3.05) is 0 Å². The van der Waals surface area contributed by atoms with Crippen molar-refractivity contribution in [2.45, 2.75) is 0 Å². The van der Waals surface area contributed by atoms with E-state index in [1.54, 1.807) is 0 Å². The normalized spacial score (nSPS) is 8.88. The zero-order chi connectivity index (χ0) is 5.21. The summed E-state index contributed by atoms with van der Waals surface area (Å²) in [4.78, 5) is 14.9. The van der Waals surface area contributed by atoms with Gasteiger partial charge in [-0.05, 0) is 0 Å². The van der Waals surface area contributed by atoms with E-state index in [0.29, 0.717) is 0 Å². The van der Waals surface area contributed by atoms with Crippen molar-refractivity contribution >= 4 is 38.7 Å². The second-order valence-corrected chi connectivity index (χ2v) is 1.72. The quantitative estimate of drug-likeness (QED) is 0.209. The molecule has 0 aliphatic heterocycles. The van der Waals surface area contributed by atoms with Crippen molar-refractivity contribution < 1.29 is 24.3 Å². The summed E-state index contributed by atoms with van der Waals surface area (Å²) >= 11 is 0. The Kier molecular flexibility index (Phi) is 12.1. The van der Waals surface area contributed by atoms with Gasteiger partial charge in [-0.3, -0.25) is 0 Å². The Balaban J connectivity index is -0.000000125. The fourth-order valence-electron chi connectivity index (χ4n) is 0. The van der Waals surface area contributed by atoms with Crippen LogP contribution >= 0.6 is 7.82 Å². The molecule has 0 aliphatic rings. The summed E-state index contributed by atoms with van der Waals surface area (Å²) in [6.07, 6.45) is 0. The van der Waals surface area contributed by atoms with Crippen LogP contribution < -0.4 is 0 Å². The minimum Gasteiger partial charge on any atom is -2.00 e. The molecule has 0 aromatic carbocycles. The van der Waals surface area contributed by atoms with Crippen LogP contribution in [0.5, 0.6) is 0 Å². The molecule has 0 aromatic heterocycles. The van der Waals surface area contributed by atoms with Crippen molar-refractivity contribution in [1.29, 1.82) is 0 Å². The maximum atomic E-state index is 9.22. The second kappa shape index (κ2) is 6.08. The molecule has 0 heterocycles. The van der Waals surface area contributed by atoms with E-state index < -0.39 is 7.82 Å². The van der Waals surface area contributed by atoms with E-state index in [-0.39, 0.29) is 30.9 Å². The predicted octanol–water partition coefficient (Wildman–Crippen LogP) is -0.815. The Morgan fingerprint density at radius 3 is 1.50 bits per heavy atom. The topological polar surface area (TPSA) is 87.0 Å². The van der Waals surface area contributed by atoms with Crippen molar-refractivity contribution in [3.05, 3.63) is 0 Å². The predicted molar refractivity (Wildman–Crippen MR) is 28.9 cm³/mol. The zero-order valence-electron chi connectivity index (χ0n) is 3.59. The van der Waals surface area contributed by atoms with E-state index in [9.17, 15) is 4.57 Å². The van der Waals surface area contributed by atoms with Gasteiger partial charge < -0.3 is 23.3 Å². The van der Waals surface area contributed by atoms with E-state index in [2.05, 4.69) is 4.67 Å². The third-order valence-electron chi connectivity index (χ3n) is 0.106. The van der Waals surface area contributed by atoms with Gasteiger partial charge in [0.1, 0.15) is 0 Å². The minimum absolute atomic E-state index is 0. The Hall–Kier alpha value is 0.952. The fourth-order valence-corrected chi connectivity index (χ4v) is 0. The first kappa shape index (κ1) is 16.0. The minimum atomic E-state index is -4.59. The van der Waals surface area contributed by atoms with E-state index >= 15 is 0 Å². The van der Waals surface area contributed by atoms with E-state index in [1.165, 1.54) is 0 Å². The van der Waals surface area contributed by atoms with Crippen LogP contribution in [0.3, 0.4) is 0 Å². The Bertz CT molecular complexity index is 76.5. The van der Waals surface area contributed by atoms with Gasteiger partial charge in [0.2, 0.25) is 0 Å². The summed E-state index contributed by atoms with van der Waals surface area (Å²) in [5, 5.41) is 7.14. The number of hydrogen-bond donors (Lipinski definition) is 3. The Labute approximate surface area is 63.4 Å². The van der Waals surface area contributed by atoms with Crippen LogP contribution in [0.1, 0.15) is 0 Å². The van der Waals surface area contributed by atoms with Crippen molar-refractivity contribution in [3.63, 3.8) is 0 Å². The van der Waals surface area contributed by atoms with Gasteiger partial charge in [0.05, 0.1) is 0 Å². The Morgan fingerprint density at radius 1 is 1.38 bits per heavy atom. The van der Waals surface area contributed by atoms with Crippen LogP contribution in [0, 0.1) is 0 Å². The van der Waals surface area contributed by atoms with Gasteiger partial charge >= 0.3 is 25.2 Å². The summed E-state index contributed by atoms with van der Waals surface area (Å²) < 4.78 is 11.8. The summed E-state index contributed by atoms with van der Waals surface area (Å²) in [5.74, 6) is 0. The summed E-state index contributed by atoms with van der Waals surface area (Å²) in [6.45, 7) is 0. The van der Waals surface area contributed by atoms with Gasteiger partial charge in [-0.1, -0.05) is 0 Å². The molecule has 0 amide bonds. The maximum Gasteiger partial charge on any atom is 3.00 e. The van der Waals surface area contributed by atoms with Gasteiger partial charge in [0.15, 0.2) is 0 Å². The summed E-state index contributed by atoms with van der Waals surface area (Å²) in [5.41, 5.74) is 0. The van der Waals surface area contributed by atoms with Gasteiger partial charge in [-0.2, -0.15) is 0 Å². The molecule has 0 saturated carbocycles. The van der Waals surface area contributed by atoms with Crippen LogP contribution in [0.25, 0.3) is 0 Å². The zero-order valence-corrected chi connectivity index (χ0v) is 6.46. The smallest absolute Gasteiger partial charge is 2.00 e. The fraction of sp³-hybridized carbons (Fsp3) is 0. The van der Waals surface area contributed by atoms with Gasteiger partial charge in [-0.25, -0.2) is 9.82 Å².